The van der Waals surface area contributed by atoms with Crippen molar-refractivity contribution < 1.29 is 9.59 Å². The molecule has 4 aromatic rings. The SMILES string of the molecule is Cc1ccc2c(=O)c(C(=O)c3ccccc3)cn(CC(=O)Nc3ccc(Br)cc3)c2n1. The molecule has 2 aromatic carbocycles. The van der Waals surface area contributed by atoms with Gasteiger partial charge in [-0.05, 0) is 43.3 Å². The van der Waals surface area contributed by atoms with Gasteiger partial charge in [0.05, 0.1) is 10.9 Å². The summed E-state index contributed by atoms with van der Waals surface area (Å²) in [5.41, 5.74) is 1.71. The van der Waals surface area contributed by atoms with E-state index in [-0.39, 0.29) is 18.0 Å². The Bertz CT molecular complexity index is 1350. The molecule has 0 saturated carbocycles. The van der Waals surface area contributed by atoms with Crippen molar-refractivity contribution >= 4 is 44.3 Å². The molecule has 0 spiro atoms. The molecule has 0 radical (unpaired) electrons. The monoisotopic (exact) mass is 475 g/mol. The van der Waals surface area contributed by atoms with E-state index in [1.54, 1.807) is 66.1 Å². The lowest BCUT2D eigenvalue weighted by atomic mass is 10.0. The van der Waals surface area contributed by atoms with Crippen LogP contribution in [0, 0.1) is 6.92 Å². The Morgan fingerprint density at radius 3 is 2.42 bits per heavy atom. The third kappa shape index (κ3) is 4.46. The van der Waals surface area contributed by atoms with E-state index in [0.717, 1.165) is 4.47 Å². The van der Waals surface area contributed by atoms with Crippen molar-refractivity contribution in [3.05, 3.63) is 104 Å². The number of nitrogens with zero attached hydrogens (tertiary/aromatic N) is 2. The maximum absolute atomic E-state index is 13.0. The van der Waals surface area contributed by atoms with Crippen LogP contribution >= 0.6 is 15.9 Å². The number of halogens is 1. The lowest BCUT2D eigenvalue weighted by molar-refractivity contribution is -0.116. The summed E-state index contributed by atoms with van der Waals surface area (Å²) in [6.45, 7) is 1.71. The van der Waals surface area contributed by atoms with E-state index in [9.17, 15) is 14.4 Å². The largest absolute Gasteiger partial charge is 0.325 e. The molecule has 0 fully saturated rings. The summed E-state index contributed by atoms with van der Waals surface area (Å²) in [6, 6.07) is 19.2. The fraction of sp³-hybridized carbons (Fsp3) is 0.0833. The summed E-state index contributed by atoms with van der Waals surface area (Å²) < 4.78 is 2.45. The lowest BCUT2D eigenvalue weighted by Crippen LogP contribution is -2.25. The Hall–Kier alpha value is -3.58. The minimum Gasteiger partial charge on any atom is -0.325 e. The molecule has 4 rings (SSSR count). The highest BCUT2D eigenvalue weighted by Crippen LogP contribution is 2.16. The third-order valence-electron chi connectivity index (χ3n) is 4.78. The van der Waals surface area contributed by atoms with Crippen molar-refractivity contribution in [2.75, 3.05) is 5.32 Å². The van der Waals surface area contributed by atoms with Gasteiger partial charge in [-0.1, -0.05) is 46.3 Å². The first-order valence-electron chi connectivity index (χ1n) is 9.58. The van der Waals surface area contributed by atoms with Crippen LogP contribution in [-0.4, -0.2) is 21.2 Å². The van der Waals surface area contributed by atoms with E-state index >= 15 is 0 Å². The topological polar surface area (TPSA) is 81.1 Å². The third-order valence-corrected chi connectivity index (χ3v) is 5.31. The van der Waals surface area contributed by atoms with E-state index in [2.05, 4.69) is 26.2 Å². The molecule has 2 heterocycles. The van der Waals surface area contributed by atoms with E-state index in [1.165, 1.54) is 6.20 Å². The molecule has 0 aliphatic heterocycles. The Labute approximate surface area is 186 Å². The molecule has 0 aliphatic carbocycles. The second-order valence-electron chi connectivity index (χ2n) is 7.07. The number of rotatable bonds is 5. The number of anilines is 1. The molecule has 0 bridgehead atoms. The number of carbonyl (C=O) groups excluding carboxylic acids is 2. The predicted octanol–water partition coefficient (Wildman–Crippen LogP) is 4.34. The Kier molecular flexibility index (Phi) is 5.77. The summed E-state index contributed by atoms with van der Waals surface area (Å²) in [6.07, 6.45) is 1.42. The van der Waals surface area contributed by atoms with E-state index in [0.29, 0.717) is 28.0 Å². The standard InChI is InChI=1S/C24H18BrN3O3/c1-15-7-12-19-23(31)20(22(30)16-5-3-2-4-6-16)13-28(24(19)26-15)14-21(29)27-18-10-8-17(25)9-11-18/h2-13H,14H2,1H3,(H,27,29). The van der Waals surface area contributed by atoms with Gasteiger partial charge in [0.25, 0.3) is 0 Å². The zero-order valence-electron chi connectivity index (χ0n) is 16.6. The van der Waals surface area contributed by atoms with Gasteiger partial charge < -0.3 is 9.88 Å². The number of aromatic nitrogens is 2. The summed E-state index contributed by atoms with van der Waals surface area (Å²) in [4.78, 5) is 43.2. The van der Waals surface area contributed by atoms with Crippen molar-refractivity contribution in [2.24, 2.45) is 0 Å². The first kappa shape index (κ1) is 20.7. The van der Waals surface area contributed by atoms with Crippen LogP contribution in [0.3, 0.4) is 0 Å². The number of benzene rings is 2. The number of pyridine rings is 2. The second-order valence-corrected chi connectivity index (χ2v) is 7.99. The molecular weight excluding hydrogens is 458 g/mol. The average Bonchev–Trinajstić information content (AvgIpc) is 2.77. The van der Waals surface area contributed by atoms with Gasteiger partial charge in [0, 0.05) is 27.6 Å². The van der Waals surface area contributed by atoms with E-state index < -0.39 is 11.2 Å². The first-order chi connectivity index (χ1) is 14.9. The lowest BCUT2D eigenvalue weighted by Gasteiger charge is -2.13. The maximum Gasteiger partial charge on any atom is 0.244 e. The minimum absolute atomic E-state index is 0.000736. The number of hydrogen-bond donors (Lipinski definition) is 1. The number of ketones is 1. The molecule has 1 amide bonds. The van der Waals surface area contributed by atoms with Gasteiger partial charge in [-0.25, -0.2) is 4.98 Å². The molecule has 31 heavy (non-hydrogen) atoms. The molecule has 1 N–H and O–H groups in total. The van der Waals surface area contributed by atoms with Crippen LogP contribution in [0.15, 0.2) is 82.2 Å². The molecule has 2 aromatic heterocycles. The molecule has 0 atom stereocenters. The summed E-state index contributed by atoms with van der Waals surface area (Å²) >= 11 is 3.36. The van der Waals surface area contributed by atoms with Gasteiger partial charge in [0.1, 0.15) is 12.2 Å². The van der Waals surface area contributed by atoms with Crippen LogP contribution in [0.25, 0.3) is 11.0 Å². The smallest absolute Gasteiger partial charge is 0.244 e. The number of hydrogen-bond acceptors (Lipinski definition) is 4. The minimum atomic E-state index is -0.402. The fourth-order valence-corrected chi connectivity index (χ4v) is 3.54. The first-order valence-corrected chi connectivity index (χ1v) is 10.4. The van der Waals surface area contributed by atoms with Crippen LogP contribution < -0.4 is 10.7 Å². The van der Waals surface area contributed by atoms with Gasteiger partial charge in [-0.3, -0.25) is 14.4 Å². The molecule has 154 valence electrons. The number of amides is 1. The van der Waals surface area contributed by atoms with Crippen molar-refractivity contribution in [1.82, 2.24) is 9.55 Å². The van der Waals surface area contributed by atoms with Crippen LogP contribution in [-0.2, 0) is 11.3 Å². The zero-order chi connectivity index (χ0) is 22.0. The van der Waals surface area contributed by atoms with Crippen LogP contribution in [0.5, 0.6) is 0 Å². The van der Waals surface area contributed by atoms with Gasteiger partial charge >= 0.3 is 0 Å². The second kappa shape index (κ2) is 8.65. The average molecular weight is 476 g/mol. The molecule has 0 saturated heterocycles. The molecule has 7 heteroatoms. The normalized spacial score (nSPS) is 10.8. The summed E-state index contributed by atoms with van der Waals surface area (Å²) in [7, 11) is 0. The number of fused-ring (bicyclic) bond motifs is 1. The maximum atomic E-state index is 13.0. The Balaban J connectivity index is 1.76. The van der Waals surface area contributed by atoms with Crippen LogP contribution in [0.4, 0.5) is 5.69 Å². The van der Waals surface area contributed by atoms with Gasteiger partial charge in [0.15, 0.2) is 5.78 Å². The highest BCUT2D eigenvalue weighted by molar-refractivity contribution is 9.10. The number of nitrogens with one attached hydrogen (secondary N) is 1. The predicted molar refractivity (Wildman–Crippen MR) is 123 cm³/mol. The van der Waals surface area contributed by atoms with Crippen molar-refractivity contribution in [1.29, 1.82) is 0 Å². The van der Waals surface area contributed by atoms with Gasteiger partial charge in [-0.2, -0.15) is 0 Å². The van der Waals surface area contributed by atoms with Gasteiger partial charge in [0.2, 0.25) is 11.3 Å². The number of carbonyl (C=O) groups is 2. The highest BCUT2D eigenvalue weighted by Gasteiger charge is 2.19. The summed E-state index contributed by atoms with van der Waals surface area (Å²) in [5, 5.41) is 3.12. The highest BCUT2D eigenvalue weighted by atomic mass is 79.9. The quantitative estimate of drug-likeness (QED) is 0.435. The van der Waals surface area contributed by atoms with Crippen molar-refractivity contribution in [3.8, 4) is 0 Å². The van der Waals surface area contributed by atoms with Crippen LogP contribution in [0.1, 0.15) is 21.6 Å². The Morgan fingerprint density at radius 2 is 1.71 bits per heavy atom. The fourth-order valence-electron chi connectivity index (χ4n) is 3.28. The number of aryl methyl sites for hydroxylation is 1. The summed E-state index contributed by atoms with van der Waals surface area (Å²) in [5.74, 6) is -0.691. The zero-order valence-corrected chi connectivity index (χ0v) is 18.2. The van der Waals surface area contributed by atoms with E-state index in [4.69, 9.17) is 0 Å². The Morgan fingerprint density at radius 1 is 1.00 bits per heavy atom. The van der Waals surface area contributed by atoms with E-state index in [1.807, 2.05) is 12.1 Å². The van der Waals surface area contributed by atoms with Crippen molar-refractivity contribution in [3.63, 3.8) is 0 Å². The molecule has 6 nitrogen and oxygen atoms in total. The van der Waals surface area contributed by atoms with Gasteiger partial charge in [-0.15, -0.1) is 0 Å². The molecule has 0 aliphatic rings. The van der Waals surface area contributed by atoms with Crippen molar-refractivity contribution in [2.45, 2.75) is 13.5 Å². The molecule has 0 unspecified atom stereocenters. The van der Waals surface area contributed by atoms with Crippen LogP contribution in [0.2, 0.25) is 0 Å². The molecular formula is C24H18BrN3O3.